The minimum absolute atomic E-state index is 0.387. The molecule has 3 aromatic carbocycles. The van der Waals surface area contributed by atoms with Crippen LogP contribution in [0.3, 0.4) is 0 Å². The first kappa shape index (κ1) is 17.0. The summed E-state index contributed by atoms with van der Waals surface area (Å²) in [5.41, 5.74) is -0.443. The fourth-order valence-electron chi connectivity index (χ4n) is 2.34. The zero-order valence-corrected chi connectivity index (χ0v) is 13.5. The molecule has 130 valence electrons. The Bertz CT molecular complexity index is 940. The molecule has 7 nitrogen and oxygen atoms in total. The van der Waals surface area contributed by atoms with E-state index in [4.69, 9.17) is 4.74 Å². The number of rotatable bonds is 5. The Labute approximate surface area is 148 Å². The van der Waals surface area contributed by atoms with Crippen molar-refractivity contribution in [3.8, 4) is 17.2 Å². The number of carbonyl (C=O) groups excluding carboxylic acids is 1. The lowest BCUT2D eigenvalue weighted by molar-refractivity contribution is -0.385. The lowest BCUT2D eigenvalue weighted by Gasteiger charge is -2.09. The average molecular weight is 350 g/mol. The lowest BCUT2D eigenvalue weighted by Crippen LogP contribution is -2.14. The standard InChI is InChI=1S/C19H14N2O5/c22-17-8-4-7-16(21(24)25)18(17)19(23)20-13-9-11-15(12-10-13)26-14-5-2-1-3-6-14/h1-12,22H,(H,20,23). The summed E-state index contributed by atoms with van der Waals surface area (Å²) >= 11 is 0. The molecule has 0 unspecified atom stereocenters. The van der Waals surface area contributed by atoms with Crippen LogP contribution in [-0.4, -0.2) is 15.9 Å². The van der Waals surface area contributed by atoms with Gasteiger partial charge in [-0.05, 0) is 42.5 Å². The van der Waals surface area contributed by atoms with Gasteiger partial charge in [-0.2, -0.15) is 0 Å². The number of benzene rings is 3. The van der Waals surface area contributed by atoms with Crippen molar-refractivity contribution in [2.45, 2.75) is 0 Å². The first-order valence-corrected chi connectivity index (χ1v) is 7.65. The van der Waals surface area contributed by atoms with Crippen LogP contribution in [0.5, 0.6) is 17.2 Å². The van der Waals surface area contributed by atoms with Gasteiger partial charge in [-0.25, -0.2) is 0 Å². The predicted molar refractivity (Wildman–Crippen MR) is 95.7 cm³/mol. The maximum Gasteiger partial charge on any atom is 0.285 e. The second-order valence-electron chi connectivity index (χ2n) is 5.32. The number of hydrogen-bond donors (Lipinski definition) is 2. The van der Waals surface area contributed by atoms with Crippen LogP contribution in [0.4, 0.5) is 11.4 Å². The molecule has 0 fully saturated rings. The maximum atomic E-state index is 12.3. The number of anilines is 1. The van der Waals surface area contributed by atoms with Crippen LogP contribution in [0.15, 0.2) is 72.8 Å². The lowest BCUT2D eigenvalue weighted by atomic mass is 10.1. The third kappa shape index (κ3) is 3.78. The number of aromatic hydroxyl groups is 1. The van der Waals surface area contributed by atoms with E-state index in [0.717, 1.165) is 6.07 Å². The summed E-state index contributed by atoms with van der Waals surface area (Å²) in [6.45, 7) is 0. The van der Waals surface area contributed by atoms with E-state index >= 15 is 0 Å². The molecule has 0 atom stereocenters. The van der Waals surface area contributed by atoms with Crippen LogP contribution in [0.2, 0.25) is 0 Å². The van der Waals surface area contributed by atoms with Crippen LogP contribution in [0.1, 0.15) is 10.4 Å². The van der Waals surface area contributed by atoms with Gasteiger partial charge in [0.15, 0.2) is 5.56 Å². The van der Waals surface area contributed by atoms with Crippen LogP contribution < -0.4 is 10.1 Å². The van der Waals surface area contributed by atoms with Gasteiger partial charge < -0.3 is 15.2 Å². The van der Waals surface area contributed by atoms with Crippen molar-refractivity contribution >= 4 is 17.3 Å². The largest absolute Gasteiger partial charge is 0.507 e. The first-order valence-electron chi connectivity index (χ1n) is 7.65. The fourth-order valence-corrected chi connectivity index (χ4v) is 2.34. The van der Waals surface area contributed by atoms with Crippen LogP contribution in [-0.2, 0) is 0 Å². The van der Waals surface area contributed by atoms with Gasteiger partial charge in [0.2, 0.25) is 0 Å². The molecule has 0 aromatic heterocycles. The van der Waals surface area contributed by atoms with Crippen molar-refractivity contribution in [3.05, 3.63) is 88.5 Å². The minimum atomic E-state index is -0.772. The number of phenolic OH excluding ortho intramolecular Hbond substituents is 1. The quantitative estimate of drug-likeness (QED) is 0.526. The fraction of sp³-hybridized carbons (Fsp3) is 0. The monoisotopic (exact) mass is 350 g/mol. The number of amides is 1. The molecule has 2 N–H and O–H groups in total. The SMILES string of the molecule is O=C(Nc1ccc(Oc2ccccc2)cc1)c1c(O)cccc1[N+](=O)[O-]. The first-order chi connectivity index (χ1) is 12.5. The normalized spacial score (nSPS) is 10.2. The molecular formula is C19H14N2O5. The highest BCUT2D eigenvalue weighted by Crippen LogP contribution is 2.29. The molecular weight excluding hydrogens is 336 g/mol. The van der Waals surface area contributed by atoms with Crippen LogP contribution in [0.25, 0.3) is 0 Å². The number of nitro benzene ring substituents is 1. The molecule has 0 saturated carbocycles. The molecule has 0 heterocycles. The van der Waals surface area contributed by atoms with E-state index in [1.165, 1.54) is 12.1 Å². The topological polar surface area (TPSA) is 102 Å². The number of para-hydroxylation sites is 1. The Morgan fingerprint density at radius 1 is 0.923 bits per heavy atom. The second kappa shape index (κ2) is 7.35. The molecule has 1 amide bonds. The molecule has 0 bridgehead atoms. The summed E-state index contributed by atoms with van der Waals surface area (Å²) in [5.74, 6) is 0.0177. The molecule has 0 aliphatic carbocycles. The van der Waals surface area contributed by atoms with E-state index in [1.807, 2.05) is 30.3 Å². The van der Waals surface area contributed by atoms with Gasteiger partial charge in [-0.3, -0.25) is 14.9 Å². The molecule has 3 rings (SSSR count). The number of phenols is 1. The van der Waals surface area contributed by atoms with Gasteiger partial charge in [0, 0.05) is 11.8 Å². The van der Waals surface area contributed by atoms with Crippen molar-refractivity contribution in [3.63, 3.8) is 0 Å². The zero-order valence-electron chi connectivity index (χ0n) is 13.5. The van der Waals surface area contributed by atoms with Gasteiger partial charge in [0.1, 0.15) is 17.2 Å². The third-order valence-electron chi connectivity index (χ3n) is 3.54. The van der Waals surface area contributed by atoms with Crippen LogP contribution >= 0.6 is 0 Å². The summed E-state index contributed by atoms with van der Waals surface area (Å²) in [6.07, 6.45) is 0. The summed E-state index contributed by atoms with van der Waals surface area (Å²) < 4.78 is 5.65. The summed E-state index contributed by atoms with van der Waals surface area (Å²) in [7, 11) is 0. The summed E-state index contributed by atoms with van der Waals surface area (Å²) in [6, 6.07) is 19.4. The number of nitrogens with one attached hydrogen (secondary N) is 1. The Kier molecular flexibility index (Phi) is 4.80. The number of hydrogen-bond acceptors (Lipinski definition) is 5. The van der Waals surface area contributed by atoms with E-state index in [-0.39, 0.29) is 5.56 Å². The predicted octanol–water partition coefficient (Wildman–Crippen LogP) is 4.35. The number of nitro groups is 1. The second-order valence-corrected chi connectivity index (χ2v) is 5.32. The maximum absolute atomic E-state index is 12.3. The Morgan fingerprint density at radius 2 is 1.58 bits per heavy atom. The molecule has 0 radical (unpaired) electrons. The smallest absolute Gasteiger partial charge is 0.285 e. The van der Waals surface area contributed by atoms with E-state index < -0.39 is 22.3 Å². The van der Waals surface area contributed by atoms with E-state index in [0.29, 0.717) is 17.2 Å². The third-order valence-corrected chi connectivity index (χ3v) is 3.54. The molecule has 0 saturated heterocycles. The highest BCUT2D eigenvalue weighted by atomic mass is 16.6. The molecule has 0 aliphatic heterocycles. The minimum Gasteiger partial charge on any atom is -0.507 e. The number of carbonyl (C=O) groups is 1. The van der Waals surface area contributed by atoms with E-state index in [2.05, 4.69) is 5.32 Å². The molecule has 3 aromatic rings. The Hall–Kier alpha value is -3.87. The molecule has 0 spiro atoms. The zero-order chi connectivity index (χ0) is 18.5. The molecule has 0 aliphatic rings. The van der Waals surface area contributed by atoms with Crippen molar-refractivity contribution in [1.29, 1.82) is 0 Å². The number of nitrogens with zero attached hydrogens (tertiary/aromatic N) is 1. The Balaban J connectivity index is 1.76. The van der Waals surface area contributed by atoms with Crippen molar-refractivity contribution in [1.82, 2.24) is 0 Å². The highest BCUT2D eigenvalue weighted by Gasteiger charge is 2.24. The van der Waals surface area contributed by atoms with Gasteiger partial charge >= 0.3 is 0 Å². The van der Waals surface area contributed by atoms with Crippen molar-refractivity contribution in [2.75, 3.05) is 5.32 Å². The van der Waals surface area contributed by atoms with Crippen molar-refractivity contribution < 1.29 is 19.6 Å². The van der Waals surface area contributed by atoms with Crippen molar-refractivity contribution in [2.24, 2.45) is 0 Å². The van der Waals surface area contributed by atoms with Gasteiger partial charge in [-0.15, -0.1) is 0 Å². The Morgan fingerprint density at radius 3 is 2.23 bits per heavy atom. The average Bonchev–Trinajstić information content (AvgIpc) is 2.64. The van der Waals surface area contributed by atoms with Gasteiger partial charge in [0.05, 0.1) is 4.92 Å². The summed E-state index contributed by atoms with van der Waals surface area (Å²) in [4.78, 5) is 22.7. The molecule has 26 heavy (non-hydrogen) atoms. The molecule has 7 heteroatoms. The van der Waals surface area contributed by atoms with Gasteiger partial charge in [-0.1, -0.05) is 24.3 Å². The number of ether oxygens (including phenoxy) is 1. The van der Waals surface area contributed by atoms with Crippen LogP contribution in [0, 0.1) is 10.1 Å². The van der Waals surface area contributed by atoms with E-state index in [1.54, 1.807) is 24.3 Å². The van der Waals surface area contributed by atoms with E-state index in [9.17, 15) is 20.0 Å². The van der Waals surface area contributed by atoms with Gasteiger partial charge in [0.25, 0.3) is 11.6 Å². The highest BCUT2D eigenvalue weighted by molar-refractivity contribution is 6.09. The summed E-state index contributed by atoms with van der Waals surface area (Å²) in [5, 5.41) is 23.4.